The van der Waals surface area contributed by atoms with Crippen LogP contribution in [0.15, 0.2) is 53.6 Å². The molecule has 0 fully saturated rings. The van der Waals surface area contributed by atoms with Crippen molar-refractivity contribution in [2.45, 2.75) is 25.8 Å². The number of halogens is 1. The molecule has 0 N–H and O–H groups in total. The van der Waals surface area contributed by atoms with Gasteiger partial charge in [0, 0.05) is 26.4 Å². The first-order valence-electron chi connectivity index (χ1n) is 10.5. The summed E-state index contributed by atoms with van der Waals surface area (Å²) in [7, 11) is 2.90. The van der Waals surface area contributed by atoms with Crippen molar-refractivity contribution < 1.29 is 28.2 Å². The van der Waals surface area contributed by atoms with E-state index in [0.717, 1.165) is 11.3 Å². The monoisotopic (exact) mass is 455 g/mol. The van der Waals surface area contributed by atoms with Crippen LogP contribution in [0.5, 0.6) is 5.75 Å². The number of esters is 1. The van der Waals surface area contributed by atoms with Crippen molar-refractivity contribution in [3.63, 3.8) is 0 Å². The van der Waals surface area contributed by atoms with Crippen LogP contribution in [0.4, 0.5) is 4.39 Å². The molecule has 9 heteroatoms. The summed E-state index contributed by atoms with van der Waals surface area (Å²) in [4.78, 5) is 37.9. The highest BCUT2D eigenvalue weighted by Gasteiger charge is 2.22. The second kappa shape index (κ2) is 11.2. The van der Waals surface area contributed by atoms with Gasteiger partial charge in [0.25, 0.3) is 5.91 Å². The summed E-state index contributed by atoms with van der Waals surface area (Å²) >= 11 is 0. The van der Waals surface area contributed by atoms with E-state index in [0.29, 0.717) is 18.5 Å². The van der Waals surface area contributed by atoms with Gasteiger partial charge in [-0.2, -0.15) is 5.10 Å². The maximum Gasteiger partial charge on any atom is 0.306 e. The van der Waals surface area contributed by atoms with Crippen molar-refractivity contribution in [3.8, 4) is 5.75 Å². The normalized spacial score (nSPS) is 12.8. The van der Waals surface area contributed by atoms with Crippen LogP contribution in [-0.2, 0) is 25.7 Å². The molecular weight excluding hydrogens is 429 g/mol. The zero-order valence-corrected chi connectivity index (χ0v) is 18.6. The number of carbonyl (C=O) groups excluding carboxylic acids is 3. The van der Waals surface area contributed by atoms with Crippen molar-refractivity contribution in [1.29, 1.82) is 0 Å². The molecule has 8 nitrogen and oxygen atoms in total. The zero-order valence-electron chi connectivity index (χ0n) is 18.6. The topological polar surface area (TPSA) is 88.5 Å². The number of hydrogen-bond acceptors (Lipinski definition) is 6. The maximum absolute atomic E-state index is 13.8. The molecule has 0 spiro atoms. The number of likely N-dealkylation sites (N-methyl/N-ethyl adjacent to an activating group) is 1. The van der Waals surface area contributed by atoms with Gasteiger partial charge < -0.3 is 14.4 Å². The predicted octanol–water partition coefficient (Wildman–Crippen LogP) is 2.75. The minimum Gasteiger partial charge on any atom is -0.494 e. The average molecular weight is 455 g/mol. The standard InChI is InChI=1S/C24H26FN3O5/c1-27(15-17-8-9-21(32-2)19(25)14-17)23(30)16-33-24(31)11-10-22(29)28-13-12-20(26-28)18-6-4-3-5-7-18/h3-9,14H,10-13,15-16H2,1-2H3. The van der Waals surface area contributed by atoms with E-state index in [-0.39, 0.29) is 31.0 Å². The smallest absolute Gasteiger partial charge is 0.306 e. The van der Waals surface area contributed by atoms with Gasteiger partial charge in [-0.15, -0.1) is 0 Å². The van der Waals surface area contributed by atoms with E-state index in [1.165, 1.54) is 36.2 Å². The molecule has 33 heavy (non-hydrogen) atoms. The van der Waals surface area contributed by atoms with Gasteiger partial charge in [0.05, 0.1) is 25.8 Å². The molecule has 0 saturated carbocycles. The van der Waals surface area contributed by atoms with Crippen molar-refractivity contribution >= 4 is 23.5 Å². The molecule has 0 saturated heterocycles. The molecule has 174 valence electrons. The van der Waals surface area contributed by atoms with Crippen LogP contribution < -0.4 is 4.74 Å². The average Bonchev–Trinajstić information content (AvgIpc) is 3.32. The largest absolute Gasteiger partial charge is 0.494 e. The zero-order chi connectivity index (χ0) is 23.8. The van der Waals surface area contributed by atoms with Crippen LogP contribution in [0, 0.1) is 5.82 Å². The molecule has 1 aliphatic rings. The molecule has 1 heterocycles. The number of nitrogens with zero attached hydrogens (tertiary/aromatic N) is 3. The van der Waals surface area contributed by atoms with Crippen LogP contribution in [0.25, 0.3) is 0 Å². The van der Waals surface area contributed by atoms with Gasteiger partial charge >= 0.3 is 5.97 Å². The second-order valence-corrected chi connectivity index (χ2v) is 7.56. The van der Waals surface area contributed by atoms with Crippen molar-refractivity contribution in [3.05, 3.63) is 65.5 Å². The fraction of sp³-hybridized carbons (Fsp3) is 0.333. The lowest BCUT2D eigenvalue weighted by molar-refractivity contribution is -0.152. The predicted molar refractivity (Wildman–Crippen MR) is 119 cm³/mol. The van der Waals surface area contributed by atoms with Crippen LogP contribution in [0.3, 0.4) is 0 Å². The van der Waals surface area contributed by atoms with Crippen LogP contribution in [0.1, 0.15) is 30.4 Å². The van der Waals surface area contributed by atoms with Gasteiger partial charge in [-0.3, -0.25) is 14.4 Å². The number of amides is 2. The Hall–Kier alpha value is -3.75. The Bertz CT molecular complexity index is 1040. The van der Waals surface area contributed by atoms with Gasteiger partial charge in [0.15, 0.2) is 18.2 Å². The lowest BCUT2D eigenvalue weighted by atomic mass is 10.1. The highest BCUT2D eigenvalue weighted by molar-refractivity contribution is 6.02. The molecule has 1 aliphatic heterocycles. The minimum absolute atomic E-state index is 0.0560. The first-order valence-corrected chi connectivity index (χ1v) is 10.5. The molecule has 0 atom stereocenters. The number of carbonyl (C=O) groups is 3. The molecule has 0 bridgehead atoms. The Kier molecular flexibility index (Phi) is 8.12. The van der Waals surface area contributed by atoms with Gasteiger partial charge in [-0.25, -0.2) is 9.40 Å². The first kappa shape index (κ1) is 23.9. The molecule has 2 amide bonds. The Labute approximate surface area is 191 Å². The van der Waals surface area contributed by atoms with Gasteiger partial charge in [0.1, 0.15) is 0 Å². The lowest BCUT2D eigenvalue weighted by Gasteiger charge is -2.17. The number of rotatable bonds is 9. The number of ether oxygens (including phenoxy) is 2. The summed E-state index contributed by atoms with van der Waals surface area (Å²) < 4.78 is 23.7. The molecule has 0 aliphatic carbocycles. The fourth-order valence-electron chi connectivity index (χ4n) is 3.30. The third-order valence-electron chi connectivity index (χ3n) is 5.16. The third kappa shape index (κ3) is 6.61. The summed E-state index contributed by atoms with van der Waals surface area (Å²) in [6, 6.07) is 14.0. The Balaban J connectivity index is 1.40. The lowest BCUT2D eigenvalue weighted by Crippen LogP contribution is -2.31. The highest BCUT2D eigenvalue weighted by atomic mass is 19.1. The van der Waals surface area contributed by atoms with Gasteiger partial charge in [-0.1, -0.05) is 36.4 Å². The number of benzene rings is 2. The van der Waals surface area contributed by atoms with E-state index in [9.17, 15) is 18.8 Å². The summed E-state index contributed by atoms with van der Waals surface area (Å²) in [5.41, 5.74) is 2.37. The third-order valence-corrected chi connectivity index (χ3v) is 5.16. The van der Waals surface area contributed by atoms with E-state index in [1.54, 1.807) is 6.07 Å². The first-order chi connectivity index (χ1) is 15.9. The number of methoxy groups -OCH3 is 1. The Morgan fingerprint density at radius 3 is 2.58 bits per heavy atom. The van der Waals surface area contributed by atoms with Crippen LogP contribution >= 0.6 is 0 Å². The van der Waals surface area contributed by atoms with Gasteiger partial charge in [0.2, 0.25) is 5.91 Å². The van der Waals surface area contributed by atoms with Crippen molar-refractivity contribution in [1.82, 2.24) is 9.91 Å². The fourth-order valence-corrected chi connectivity index (χ4v) is 3.30. The summed E-state index contributed by atoms with van der Waals surface area (Å²) in [6.07, 6.45) is 0.449. The molecule has 3 rings (SSSR count). The Morgan fingerprint density at radius 1 is 1.12 bits per heavy atom. The molecule has 2 aromatic carbocycles. The molecular formula is C24H26FN3O5. The van der Waals surface area contributed by atoms with E-state index < -0.39 is 24.3 Å². The van der Waals surface area contributed by atoms with E-state index in [4.69, 9.17) is 9.47 Å². The SMILES string of the molecule is COc1ccc(CN(C)C(=O)COC(=O)CCC(=O)N2CCC(c3ccccc3)=N2)cc1F. The minimum atomic E-state index is -0.646. The number of hydrazone groups is 1. The highest BCUT2D eigenvalue weighted by Crippen LogP contribution is 2.18. The van der Waals surface area contributed by atoms with E-state index in [2.05, 4.69) is 5.10 Å². The van der Waals surface area contributed by atoms with Gasteiger partial charge in [-0.05, 0) is 23.3 Å². The molecule has 0 unspecified atom stereocenters. The van der Waals surface area contributed by atoms with Crippen LogP contribution in [-0.4, -0.2) is 60.7 Å². The van der Waals surface area contributed by atoms with E-state index in [1.807, 2.05) is 30.3 Å². The number of hydrogen-bond donors (Lipinski definition) is 0. The maximum atomic E-state index is 13.8. The van der Waals surface area contributed by atoms with Crippen molar-refractivity contribution in [2.24, 2.45) is 5.10 Å². The quantitative estimate of drug-likeness (QED) is 0.543. The Morgan fingerprint density at radius 2 is 1.88 bits per heavy atom. The second-order valence-electron chi connectivity index (χ2n) is 7.56. The summed E-state index contributed by atoms with van der Waals surface area (Å²) in [5, 5.41) is 5.71. The van der Waals surface area contributed by atoms with Crippen molar-refractivity contribution in [2.75, 3.05) is 27.3 Å². The summed E-state index contributed by atoms with van der Waals surface area (Å²) in [6.45, 7) is 0.155. The molecule has 0 radical (unpaired) electrons. The molecule has 2 aromatic rings. The molecule has 0 aromatic heterocycles. The summed E-state index contributed by atoms with van der Waals surface area (Å²) in [5.74, 6) is -1.77. The van der Waals surface area contributed by atoms with Crippen LogP contribution in [0.2, 0.25) is 0 Å². The van der Waals surface area contributed by atoms with E-state index >= 15 is 0 Å².